The molecule has 1 aromatic heterocycles. The number of nitrogens with zero attached hydrogens (tertiary/aromatic N) is 2. The van der Waals surface area contributed by atoms with E-state index in [-0.39, 0.29) is 0 Å². The summed E-state index contributed by atoms with van der Waals surface area (Å²) in [4.78, 5) is 27.0. The monoisotopic (exact) mass is 206 g/mol. The van der Waals surface area contributed by atoms with E-state index in [1.54, 1.807) is 23.1 Å². The highest BCUT2D eigenvalue weighted by Crippen LogP contribution is 2.24. The highest BCUT2D eigenvalue weighted by atomic mass is 16.4. The van der Waals surface area contributed by atoms with Crippen molar-refractivity contribution in [1.29, 1.82) is 0 Å². The summed E-state index contributed by atoms with van der Waals surface area (Å²) in [6.45, 7) is 0.673. The fourth-order valence-electron chi connectivity index (χ4n) is 1.58. The van der Waals surface area contributed by atoms with Gasteiger partial charge in [0.1, 0.15) is 17.6 Å². The summed E-state index contributed by atoms with van der Waals surface area (Å²) in [6.07, 6.45) is 1.28. The van der Waals surface area contributed by atoms with E-state index in [9.17, 15) is 9.59 Å². The maximum atomic E-state index is 10.8. The lowest BCUT2D eigenvalue weighted by Gasteiger charge is -2.38. The van der Waals surface area contributed by atoms with Crippen molar-refractivity contribution in [2.24, 2.45) is 0 Å². The number of aromatic nitrogens is 1. The van der Waals surface area contributed by atoms with Gasteiger partial charge < -0.3 is 10.0 Å². The van der Waals surface area contributed by atoms with Gasteiger partial charge in [0.15, 0.2) is 6.29 Å². The zero-order valence-electron chi connectivity index (χ0n) is 7.96. The highest BCUT2D eigenvalue weighted by Gasteiger charge is 2.34. The summed E-state index contributed by atoms with van der Waals surface area (Å²) in [7, 11) is 0. The Morgan fingerprint density at radius 2 is 2.40 bits per heavy atom. The van der Waals surface area contributed by atoms with E-state index in [1.165, 1.54) is 0 Å². The molecule has 5 heteroatoms. The van der Waals surface area contributed by atoms with Crippen molar-refractivity contribution >= 4 is 18.1 Å². The summed E-state index contributed by atoms with van der Waals surface area (Å²) in [6, 6.07) is 4.50. The van der Waals surface area contributed by atoms with Crippen LogP contribution in [0.4, 0.5) is 5.82 Å². The first-order chi connectivity index (χ1) is 7.22. The van der Waals surface area contributed by atoms with Crippen molar-refractivity contribution in [1.82, 2.24) is 4.98 Å². The van der Waals surface area contributed by atoms with Gasteiger partial charge in [-0.25, -0.2) is 9.78 Å². The van der Waals surface area contributed by atoms with Crippen LogP contribution in [0.5, 0.6) is 0 Å². The Morgan fingerprint density at radius 1 is 1.60 bits per heavy atom. The molecule has 1 saturated heterocycles. The molecule has 0 bridgehead atoms. The van der Waals surface area contributed by atoms with Crippen LogP contribution >= 0.6 is 0 Å². The van der Waals surface area contributed by atoms with Crippen molar-refractivity contribution in [3.63, 3.8) is 0 Å². The molecule has 0 radical (unpaired) electrons. The first kappa shape index (κ1) is 9.64. The lowest BCUT2D eigenvalue weighted by atomic mass is 10.0. The second kappa shape index (κ2) is 3.68. The largest absolute Gasteiger partial charge is 0.480 e. The quantitative estimate of drug-likeness (QED) is 0.731. The van der Waals surface area contributed by atoms with Crippen molar-refractivity contribution in [2.45, 2.75) is 12.5 Å². The van der Waals surface area contributed by atoms with Crippen LogP contribution in [0.1, 0.15) is 16.9 Å². The highest BCUT2D eigenvalue weighted by molar-refractivity contribution is 5.80. The minimum Gasteiger partial charge on any atom is -0.480 e. The molecule has 78 valence electrons. The number of carboxylic acids is 1. The third-order valence-corrected chi connectivity index (χ3v) is 2.48. The van der Waals surface area contributed by atoms with Gasteiger partial charge in [-0.05, 0) is 18.6 Å². The molecule has 0 aromatic carbocycles. The topological polar surface area (TPSA) is 70.5 Å². The Labute approximate surface area is 86.3 Å². The molecule has 1 unspecified atom stereocenters. The molecule has 0 saturated carbocycles. The molecule has 1 N–H and O–H groups in total. The minimum atomic E-state index is -0.848. The second-order valence-corrected chi connectivity index (χ2v) is 3.37. The number of carboxylic acid groups (broad SMARTS) is 1. The van der Waals surface area contributed by atoms with Gasteiger partial charge in [0.2, 0.25) is 0 Å². The molecule has 1 aromatic rings. The average molecular weight is 206 g/mol. The van der Waals surface area contributed by atoms with Gasteiger partial charge in [-0.2, -0.15) is 0 Å². The van der Waals surface area contributed by atoms with Crippen LogP contribution in [0.2, 0.25) is 0 Å². The molecule has 1 atom stereocenters. The van der Waals surface area contributed by atoms with Crippen LogP contribution in [0, 0.1) is 0 Å². The van der Waals surface area contributed by atoms with Gasteiger partial charge in [-0.3, -0.25) is 4.79 Å². The molecule has 5 nitrogen and oxygen atoms in total. The van der Waals surface area contributed by atoms with E-state index in [1.807, 2.05) is 0 Å². The number of carbonyl (C=O) groups is 2. The number of anilines is 1. The maximum Gasteiger partial charge on any atom is 0.326 e. The number of aldehydes is 1. The third kappa shape index (κ3) is 1.68. The number of aliphatic carboxylic acids is 1. The normalized spacial score (nSPS) is 19.5. The summed E-state index contributed by atoms with van der Waals surface area (Å²) < 4.78 is 0. The van der Waals surface area contributed by atoms with Crippen LogP contribution in [-0.4, -0.2) is 34.9 Å². The molecule has 2 heterocycles. The average Bonchev–Trinajstić information content (AvgIpc) is 2.15. The SMILES string of the molecule is O=Cc1cccc(N2CCC2C(=O)O)n1. The van der Waals surface area contributed by atoms with Crippen molar-refractivity contribution < 1.29 is 14.7 Å². The molecular weight excluding hydrogens is 196 g/mol. The van der Waals surface area contributed by atoms with Crippen LogP contribution < -0.4 is 4.90 Å². The summed E-state index contributed by atoms with van der Waals surface area (Å²) >= 11 is 0. The smallest absolute Gasteiger partial charge is 0.326 e. The van der Waals surface area contributed by atoms with Gasteiger partial charge >= 0.3 is 5.97 Å². The predicted octanol–water partition coefficient (Wildman–Crippen LogP) is 0.557. The Kier molecular flexibility index (Phi) is 2.37. The van der Waals surface area contributed by atoms with E-state index < -0.39 is 12.0 Å². The van der Waals surface area contributed by atoms with Crippen molar-refractivity contribution in [3.8, 4) is 0 Å². The zero-order chi connectivity index (χ0) is 10.8. The fraction of sp³-hybridized carbons (Fsp3) is 0.300. The van der Waals surface area contributed by atoms with E-state index in [4.69, 9.17) is 5.11 Å². The molecule has 2 rings (SSSR count). The Hall–Kier alpha value is -1.91. The number of carbonyl (C=O) groups excluding carboxylic acids is 1. The number of rotatable bonds is 3. The molecular formula is C10H10N2O3. The van der Waals surface area contributed by atoms with E-state index in [0.717, 1.165) is 0 Å². The number of hydrogen-bond donors (Lipinski definition) is 1. The summed E-state index contributed by atoms with van der Waals surface area (Å²) in [5.41, 5.74) is 0.323. The van der Waals surface area contributed by atoms with Crippen molar-refractivity contribution in [3.05, 3.63) is 23.9 Å². The van der Waals surface area contributed by atoms with Gasteiger partial charge in [-0.15, -0.1) is 0 Å². The van der Waals surface area contributed by atoms with Crippen LogP contribution in [0.3, 0.4) is 0 Å². The van der Waals surface area contributed by atoms with Crippen LogP contribution in [0.15, 0.2) is 18.2 Å². The van der Waals surface area contributed by atoms with Crippen molar-refractivity contribution in [2.75, 3.05) is 11.4 Å². The van der Waals surface area contributed by atoms with E-state index in [2.05, 4.69) is 4.98 Å². The molecule has 0 spiro atoms. The Bertz CT molecular complexity index is 405. The molecule has 1 aliphatic heterocycles. The number of pyridine rings is 1. The number of hydrogen-bond acceptors (Lipinski definition) is 4. The second-order valence-electron chi connectivity index (χ2n) is 3.37. The minimum absolute atomic E-state index is 0.323. The Balaban J connectivity index is 2.22. The van der Waals surface area contributed by atoms with Crippen LogP contribution in [0.25, 0.3) is 0 Å². The summed E-state index contributed by atoms with van der Waals surface area (Å²) in [5, 5.41) is 8.85. The van der Waals surface area contributed by atoms with E-state index in [0.29, 0.717) is 30.8 Å². The zero-order valence-corrected chi connectivity index (χ0v) is 7.96. The molecule has 1 aliphatic rings. The van der Waals surface area contributed by atoms with Crippen LogP contribution in [-0.2, 0) is 4.79 Å². The lowest BCUT2D eigenvalue weighted by Crippen LogP contribution is -2.53. The predicted molar refractivity (Wildman–Crippen MR) is 53.0 cm³/mol. The summed E-state index contributed by atoms with van der Waals surface area (Å²) in [5.74, 6) is -0.294. The fourth-order valence-corrected chi connectivity index (χ4v) is 1.58. The van der Waals surface area contributed by atoms with Gasteiger partial charge in [0.05, 0.1) is 0 Å². The van der Waals surface area contributed by atoms with E-state index >= 15 is 0 Å². The maximum absolute atomic E-state index is 10.8. The first-order valence-corrected chi connectivity index (χ1v) is 4.64. The first-order valence-electron chi connectivity index (χ1n) is 4.64. The lowest BCUT2D eigenvalue weighted by molar-refractivity contribution is -0.140. The Morgan fingerprint density at radius 3 is 2.93 bits per heavy atom. The van der Waals surface area contributed by atoms with Gasteiger partial charge in [-0.1, -0.05) is 6.07 Å². The molecule has 0 aliphatic carbocycles. The molecule has 15 heavy (non-hydrogen) atoms. The third-order valence-electron chi connectivity index (χ3n) is 2.48. The molecule has 1 fully saturated rings. The van der Waals surface area contributed by atoms with Gasteiger partial charge in [0.25, 0.3) is 0 Å². The standard InChI is InChI=1S/C10H10N2O3/c13-6-7-2-1-3-9(11-7)12-5-4-8(12)10(14)15/h1-3,6,8H,4-5H2,(H,14,15). The molecule has 0 amide bonds. The van der Waals surface area contributed by atoms with Gasteiger partial charge in [0, 0.05) is 6.54 Å².